The molecule has 1 N–H and O–H groups in total. The average molecular weight is 599 g/mol. The van der Waals surface area contributed by atoms with Gasteiger partial charge in [0.05, 0.1) is 35.6 Å². The summed E-state index contributed by atoms with van der Waals surface area (Å²) in [4.78, 5) is 22.5. The lowest BCUT2D eigenvalue weighted by Gasteiger charge is -2.30. The van der Waals surface area contributed by atoms with Gasteiger partial charge in [-0.3, -0.25) is 4.79 Å². The zero-order chi connectivity index (χ0) is 29.7. The van der Waals surface area contributed by atoms with Crippen molar-refractivity contribution < 1.29 is 23.1 Å². The van der Waals surface area contributed by atoms with E-state index in [2.05, 4.69) is 15.3 Å². The van der Waals surface area contributed by atoms with Crippen molar-refractivity contribution in [3.63, 3.8) is 0 Å². The van der Waals surface area contributed by atoms with Crippen LogP contribution in [0.25, 0.3) is 11.0 Å². The zero-order valence-electron chi connectivity index (χ0n) is 23.9. The minimum atomic E-state index is -3.96. The number of thiazole rings is 1. The summed E-state index contributed by atoms with van der Waals surface area (Å²) in [5.74, 6) is -1.33. The number of pyridine rings is 1. The maximum atomic E-state index is 13.7. The fourth-order valence-corrected chi connectivity index (χ4v) is 7.96. The molecule has 0 amide bonds. The Labute approximate surface area is 243 Å². The number of aromatic nitrogens is 5. The molecule has 0 aliphatic carbocycles. The minimum absolute atomic E-state index is 0.0175. The van der Waals surface area contributed by atoms with Crippen LogP contribution in [0, 0.1) is 19.3 Å². The van der Waals surface area contributed by atoms with Crippen LogP contribution < -0.4 is 4.74 Å². The van der Waals surface area contributed by atoms with E-state index in [-0.39, 0.29) is 30.0 Å². The third-order valence-electron chi connectivity index (χ3n) is 7.82. The van der Waals surface area contributed by atoms with Gasteiger partial charge in [-0.2, -0.15) is 4.31 Å². The van der Waals surface area contributed by atoms with Crippen LogP contribution in [0.3, 0.4) is 0 Å². The molecule has 11 nitrogen and oxygen atoms in total. The Morgan fingerprint density at radius 1 is 1.24 bits per heavy atom. The number of benzene rings is 1. The van der Waals surface area contributed by atoms with Gasteiger partial charge in [-0.25, -0.2) is 23.1 Å². The summed E-state index contributed by atoms with van der Waals surface area (Å²) in [7, 11) is -3.96. The molecule has 41 heavy (non-hydrogen) atoms. The molecule has 218 valence electrons. The summed E-state index contributed by atoms with van der Waals surface area (Å²) in [6.07, 6.45) is 1.70. The minimum Gasteiger partial charge on any atom is -0.486 e. The van der Waals surface area contributed by atoms with Crippen LogP contribution in [0.2, 0.25) is 0 Å². The van der Waals surface area contributed by atoms with Crippen LogP contribution in [0.5, 0.6) is 5.75 Å². The van der Waals surface area contributed by atoms with E-state index >= 15 is 0 Å². The zero-order valence-corrected chi connectivity index (χ0v) is 25.6. The molecule has 5 rings (SSSR count). The summed E-state index contributed by atoms with van der Waals surface area (Å²) in [6, 6.07) is 7.13. The van der Waals surface area contributed by atoms with Crippen LogP contribution >= 0.6 is 11.3 Å². The monoisotopic (exact) mass is 598 g/mol. The molecule has 0 saturated heterocycles. The van der Waals surface area contributed by atoms with Gasteiger partial charge in [-0.1, -0.05) is 18.2 Å². The van der Waals surface area contributed by atoms with E-state index in [0.29, 0.717) is 23.7 Å². The number of fused-ring (bicyclic) bond motifs is 2. The van der Waals surface area contributed by atoms with Gasteiger partial charge >= 0.3 is 5.97 Å². The van der Waals surface area contributed by atoms with E-state index in [4.69, 9.17) is 9.72 Å². The third-order valence-corrected chi connectivity index (χ3v) is 10.7. The van der Waals surface area contributed by atoms with Crippen molar-refractivity contribution in [1.82, 2.24) is 29.3 Å². The van der Waals surface area contributed by atoms with Crippen LogP contribution in [0.1, 0.15) is 66.7 Å². The summed E-state index contributed by atoms with van der Waals surface area (Å²) >= 11 is 1.39. The molecule has 3 aromatic heterocycles. The largest absolute Gasteiger partial charge is 0.486 e. The highest BCUT2D eigenvalue weighted by atomic mass is 32.2. The van der Waals surface area contributed by atoms with Crippen molar-refractivity contribution in [2.75, 3.05) is 6.54 Å². The van der Waals surface area contributed by atoms with E-state index in [9.17, 15) is 18.3 Å². The number of aliphatic carboxylic acids is 1. The average Bonchev–Trinajstić information content (AvgIpc) is 3.49. The van der Waals surface area contributed by atoms with Gasteiger partial charge in [0, 0.05) is 17.6 Å². The maximum Gasteiger partial charge on any atom is 0.310 e. The Balaban J connectivity index is 1.59. The molecule has 13 heteroatoms. The molecule has 0 radical (unpaired) electrons. The molecule has 1 aliphatic heterocycles. The molecule has 2 atom stereocenters. The molecular weight excluding hydrogens is 564 g/mol. The quantitative estimate of drug-likeness (QED) is 0.310. The van der Waals surface area contributed by atoms with Gasteiger partial charge < -0.3 is 9.84 Å². The van der Waals surface area contributed by atoms with Gasteiger partial charge in [0.2, 0.25) is 5.03 Å². The summed E-state index contributed by atoms with van der Waals surface area (Å²) < 4.78 is 36.5. The normalized spacial score (nSPS) is 18.0. The number of hydrogen-bond acceptors (Lipinski definition) is 9. The number of carboxylic acids is 1. The summed E-state index contributed by atoms with van der Waals surface area (Å²) in [6.45, 7) is 11.9. The second kappa shape index (κ2) is 10.8. The SMILES string of the molecule is CC[C@@H]1CN(Cc2nc(C(c3ccc4c(nnn4CC)c3C)C(C)(C)C(=O)O)sc2C)S(=O)(=O)c2ncccc2O1. The van der Waals surface area contributed by atoms with Crippen molar-refractivity contribution in [3.8, 4) is 5.75 Å². The molecule has 1 aliphatic rings. The molecule has 1 aromatic carbocycles. The van der Waals surface area contributed by atoms with E-state index in [1.165, 1.54) is 21.8 Å². The second-order valence-electron chi connectivity index (χ2n) is 10.8. The van der Waals surface area contributed by atoms with Crippen LogP contribution in [-0.4, -0.2) is 61.4 Å². The predicted octanol–water partition coefficient (Wildman–Crippen LogP) is 4.52. The van der Waals surface area contributed by atoms with Gasteiger partial charge in [-0.15, -0.1) is 16.4 Å². The van der Waals surface area contributed by atoms with Gasteiger partial charge in [0.25, 0.3) is 10.0 Å². The number of carbonyl (C=O) groups is 1. The number of hydrogen-bond donors (Lipinski definition) is 1. The van der Waals surface area contributed by atoms with Crippen molar-refractivity contribution >= 4 is 38.4 Å². The van der Waals surface area contributed by atoms with E-state index < -0.39 is 27.3 Å². The van der Waals surface area contributed by atoms with Crippen LogP contribution in [-0.2, 0) is 27.9 Å². The Morgan fingerprint density at radius 3 is 2.68 bits per heavy atom. The van der Waals surface area contributed by atoms with Crippen molar-refractivity contribution in [1.29, 1.82) is 0 Å². The Hall–Kier alpha value is -3.42. The van der Waals surface area contributed by atoms with Crippen LogP contribution in [0.4, 0.5) is 0 Å². The van der Waals surface area contributed by atoms with Crippen molar-refractivity contribution in [2.24, 2.45) is 5.41 Å². The Morgan fingerprint density at radius 2 is 2.00 bits per heavy atom. The lowest BCUT2D eigenvalue weighted by molar-refractivity contribution is -0.147. The number of nitrogens with zero attached hydrogens (tertiary/aromatic N) is 6. The third kappa shape index (κ3) is 4.99. The molecule has 0 fully saturated rings. The number of aryl methyl sites for hydroxylation is 3. The smallest absolute Gasteiger partial charge is 0.310 e. The summed E-state index contributed by atoms with van der Waals surface area (Å²) in [5, 5.41) is 19.4. The molecule has 0 saturated carbocycles. The van der Waals surface area contributed by atoms with Crippen molar-refractivity contribution in [3.05, 3.63) is 57.2 Å². The lowest BCUT2D eigenvalue weighted by Crippen LogP contribution is -2.37. The highest BCUT2D eigenvalue weighted by Crippen LogP contribution is 2.45. The standard InChI is InChI=1S/C28H34N6O5S2/c1-7-18-14-33(41(37,38)26-22(39-18)10-9-13-29-26)15-20-17(4)40-25(30-20)23(28(5,6)27(35)36)19-11-12-21-24(16(19)3)31-32-34(21)8-2/h9-13,18,23H,7-8,14-15H2,1-6H3,(H,35,36)/t18-,23?/m1/s1. The van der Waals surface area contributed by atoms with Gasteiger partial charge in [-0.05, 0) is 70.4 Å². The molecule has 4 heterocycles. The number of ether oxygens (including phenoxy) is 1. The molecule has 0 spiro atoms. The number of carboxylic acid groups (broad SMARTS) is 1. The first kappa shape index (κ1) is 29.1. The molecule has 4 aromatic rings. The van der Waals surface area contributed by atoms with Gasteiger partial charge in [0.15, 0.2) is 5.75 Å². The first-order valence-electron chi connectivity index (χ1n) is 13.5. The molecule has 1 unspecified atom stereocenters. The highest BCUT2D eigenvalue weighted by molar-refractivity contribution is 7.89. The fraction of sp³-hybridized carbons (Fsp3) is 0.464. The Kier molecular flexibility index (Phi) is 7.64. The second-order valence-corrected chi connectivity index (χ2v) is 13.9. The lowest BCUT2D eigenvalue weighted by atomic mass is 9.74. The Bertz CT molecular complexity index is 1730. The number of rotatable bonds is 8. The first-order valence-corrected chi connectivity index (χ1v) is 15.8. The number of sulfonamides is 1. The highest BCUT2D eigenvalue weighted by Gasteiger charge is 2.43. The predicted molar refractivity (Wildman–Crippen MR) is 155 cm³/mol. The van der Waals surface area contributed by atoms with Crippen LogP contribution in [0.15, 0.2) is 35.5 Å². The van der Waals surface area contributed by atoms with Gasteiger partial charge in [0.1, 0.15) is 16.6 Å². The molecule has 0 bridgehead atoms. The van der Waals surface area contributed by atoms with Crippen molar-refractivity contribution in [2.45, 2.75) is 78.1 Å². The topological polar surface area (TPSA) is 140 Å². The van der Waals surface area contributed by atoms with E-state index in [1.54, 1.807) is 30.7 Å². The maximum absolute atomic E-state index is 13.7. The fourth-order valence-electron chi connectivity index (χ4n) is 5.26. The summed E-state index contributed by atoms with van der Waals surface area (Å²) in [5.41, 5.74) is 2.59. The first-order chi connectivity index (χ1) is 19.4. The van der Waals surface area contributed by atoms with E-state index in [1.807, 2.05) is 39.8 Å². The van der Waals surface area contributed by atoms with E-state index in [0.717, 1.165) is 27.0 Å². The molecular formula is C28H34N6O5S2.